The molecule has 2 aromatic heterocycles. The number of rotatable bonds is 3. The highest BCUT2D eigenvalue weighted by Crippen LogP contribution is 2.27. The summed E-state index contributed by atoms with van der Waals surface area (Å²) in [7, 11) is 1.54. The van der Waals surface area contributed by atoms with Crippen LogP contribution in [0.5, 0.6) is 5.75 Å². The maximum atomic E-state index is 12.2. The lowest BCUT2D eigenvalue weighted by molar-refractivity contribution is 0.112. The molecule has 0 aliphatic rings. The zero-order valence-corrected chi connectivity index (χ0v) is 13.4. The van der Waals surface area contributed by atoms with Crippen LogP contribution in [0.15, 0.2) is 23.1 Å². The van der Waals surface area contributed by atoms with Gasteiger partial charge in [-0.1, -0.05) is 6.07 Å². The van der Waals surface area contributed by atoms with Crippen molar-refractivity contribution < 1.29 is 9.84 Å². The normalized spacial score (nSPS) is 12.7. The second-order valence-electron chi connectivity index (χ2n) is 5.59. The Kier molecular flexibility index (Phi) is 3.65. The first kappa shape index (κ1) is 15.2. The van der Waals surface area contributed by atoms with Gasteiger partial charge in [0.15, 0.2) is 5.65 Å². The lowest BCUT2D eigenvalue weighted by atomic mass is 10.1. The largest absolute Gasteiger partial charge is 0.506 e. The lowest BCUT2D eigenvalue weighted by Crippen LogP contribution is -2.13. The van der Waals surface area contributed by atoms with Gasteiger partial charge in [0.2, 0.25) is 0 Å². The topological polar surface area (TPSA) is 93.0 Å². The van der Waals surface area contributed by atoms with Gasteiger partial charge in [-0.25, -0.2) is 9.67 Å². The Morgan fingerprint density at radius 2 is 2.09 bits per heavy atom. The van der Waals surface area contributed by atoms with Gasteiger partial charge < -0.3 is 14.8 Å². The zero-order valence-electron chi connectivity index (χ0n) is 13.4. The molecule has 0 spiro atoms. The Morgan fingerprint density at radius 3 is 2.74 bits per heavy atom. The molecule has 1 unspecified atom stereocenters. The van der Waals surface area contributed by atoms with Gasteiger partial charge in [-0.15, -0.1) is 5.10 Å². The molecule has 1 aromatic carbocycles. The van der Waals surface area contributed by atoms with E-state index < -0.39 is 0 Å². The second kappa shape index (κ2) is 5.51. The minimum Gasteiger partial charge on any atom is -0.506 e. The van der Waals surface area contributed by atoms with Gasteiger partial charge in [0, 0.05) is 13.3 Å². The van der Waals surface area contributed by atoms with E-state index in [1.54, 1.807) is 26.3 Å². The molecule has 120 valence electrons. The number of nitrogens with one attached hydrogen (secondary N) is 1. The van der Waals surface area contributed by atoms with Gasteiger partial charge in [-0.05, 0) is 38.0 Å². The molecule has 0 radical (unpaired) electrons. The molecule has 23 heavy (non-hydrogen) atoms. The standard InChI is InChI=1S/C16H18N4O3/c1-8-5-9(2)13(12(21)6-8)20-7-11-15(19-20)17-14(10(3)23-4)18-16(11)22/h5-7,10,21H,1-4H3,(H,17,18,19,22). The van der Waals surface area contributed by atoms with Crippen LogP contribution in [-0.2, 0) is 4.74 Å². The number of aryl methyl sites for hydroxylation is 2. The highest BCUT2D eigenvalue weighted by molar-refractivity contribution is 5.74. The minimum atomic E-state index is -0.341. The van der Waals surface area contributed by atoms with Crippen molar-refractivity contribution in [3.8, 4) is 11.4 Å². The number of fused-ring (bicyclic) bond motifs is 1. The van der Waals surface area contributed by atoms with Crippen molar-refractivity contribution in [2.75, 3.05) is 7.11 Å². The molecule has 2 heterocycles. The first-order chi connectivity index (χ1) is 10.9. The van der Waals surface area contributed by atoms with E-state index in [1.807, 2.05) is 19.9 Å². The maximum absolute atomic E-state index is 12.2. The predicted molar refractivity (Wildman–Crippen MR) is 86.0 cm³/mol. The van der Waals surface area contributed by atoms with Crippen molar-refractivity contribution in [1.82, 2.24) is 19.7 Å². The molecule has 3 aromatic rings. The Labute approximate surface area is 132 Å². The minimum absolute atomic E-state index is 0.109. The van der Waals surface area contributed by atoms with Gasteiger partial charge in [0.1, 0.15) is 28.8 Å². The Morgan fingerprint density at radius 1 is 1.35 bits per heavy atom. The Bertz CT molecular complexity index is 919. The van der Waals surface area contributed by atoms with Gasteiger partial charge in [0.05, 0.1) is 0 Å². The summed E-state index contributed by atoms with van der Waals surface area (Å²) >= 11 is 0. The van der Waals surface area contributed by atoms with Crippen molar-refractivity contribution >= 4 is 11.0 Å². The van der Waals surface area contributed by atoms with E-state index >= 15 is 0 Å². The molecule has 0 bridgehead atoms. The summed E-state index contributed by atoms with van der Waals surface area (Å²) in [5, 5.41) is 14.9. The number of phenolic OH excluding ortho intramolecular Hbond substituents is 1. The van der Waals surface area contributed by atoms with Crippen LogP contribution in [0.2, 0.25) is 0 Å². The molecule has 2 N–H and O–H groups in total. The predicted octanol–water partition coefficient (Wildman–Crippen LogP) is 2.14. The van der Waals surface area contributed by atoms with E-state index in [1.165, 1.54) is 4.68 Å². The summed E-state index contributed by atoms with van der Waals surface area (Å²) in [6.45, 7) is 5.57. The number of ether oxygens (including phenoxy) is 1. The monoisotopic (exact) mass is 314 g/mol. The van der Waals surface area contributed by atoms with Crippen molar-refractivity contribution in [3.63, 3.8) is 0 Å². The summed E-state index contributed by atoms with van der Waals surface area (Å²) < 4.78 is 6.66. The van der Waals surface area contributed by atoms with Gasteiger partial charge in [0.25, 0.3) is 5.56 Å². The van der Waals surface area contributed by atoms with Gasteiger partial charge >= 0.3 is 0 Å². The summed E-state index contributed by atoms with van der Waals surface area (Å²) in [6.07, 6.45) is 1.23. The summed E-state index contributed by atoms with van der Waals surface area (Å²) in [5.41, 5.74) is 2.37. The van der Waals surface area contributed by atoms with E-state index in [4.69, 9.17) is 4.74 Å². The van der Waals surface area contributed by atoms with E-state index in [2.05, 4.69) is 15.1 Å². The molecule has 0 fully saturated rings. The molecule has 0 saturated carbocycles. The maximum Gasteiger partial charge on any atom is 0.262 e. The quantitative estimate of drug-likeness (QED) is 0.772. The van der Waals surface area contributed by atoms with E-state index in [0.29, 0.717) is 22.5 Å². The van der Waals surface area contributed by atoms with Crippen molar-refractivity contribution in [1.29, 1.82) is 0 Å². The third kappa shape index (κ3) is 2.59. The molecule has 1 atom stereocenters. The highest BCUT2D eigenvalue weighted by atomic mass is 16.5. The van der Waals surface area contributed by atoms with Crippen LogP contribution in [0.1, 0.15) is 30.0 Å². The average Bonchev–Trinajstić information content (AvgIpc) is 2.89. The molecular formula is C16H18N4O3. The number of nitrogens with zero attached hydrogens (tertiary/aromatic N) is 3. The van der Waals surface area contributed by atoms with Gasteiger partial charge in [-0.2, -0.15) is 0 Å². The van der Waals surface area contributed by atoms with Crippen LogP contribution in [0, 0.1) is 13.8 Å². The Balaban J connectivity index is 2.22. The fraction of sp³-hybridized carbons (Fsp3) is 0.312. The zero-order chi connectivity index (χ0) is 16.7. The van der Waals surface area contributed by atoms with Crippen LogP contribution < -0.4 is 5.56 Å². The number of benzene rings is 1. The number of methoxy groups -OCH3 is 1. The van der Waals surface area contributed by atoms with E-state index in [9.17, 15) is 9.90 Å². The van der Waals surface area contributed by atoms with Crippen LogP contribution >= 0.6 is 0 Å². The van der Waals surface area contributed by atoms with Crippen LogP contribution in [0.3, 0.4) is 0 Å². The molecule has 0 saturated heterocycles. The van der Waals surface area contributed by atoms with E-state index in [-0.39, 0.29) is 17.4 Å². The van der Waals surface area contributed by atoms with E-state index in [0.717, 1.165) is 11.1 Å². The number of aromatic nitrogens is 4. The Hall–Kier alpha value is -2.67. The molecule has 7 heteroatoms. The smallest absolute Gasteiger partial charge is 0.262 e. The lowest BCUT2D eigenvalue weighted by Gasteiger charge is -2.09. The molecule has 0 amide bonds. The van der Waals surface area contributed by atoms with Gasteiger partial charge in [-0.3, -0.25) is 4.79 Å². The fourth-order valence-corrected chi connectivity index (χ4v) is 2.59. The first-order valence-electron chi connectivity index (χ1n) is 7.23. The number of phenols is 1. The number of aromatic hydroxyl groups is 1. The molecular weight excluding hydrogens is 296 g/mol. The SMILES string of the molecule is COC(C)c1nc2nn(-c3c(C)cc(C)cc3O)cc2c(=O)[nH]1. The van der Waals surface area contributed by atoms with Crippen molar-refractivity contribution in [2.45, 2.75) is 26.9 Å². The van der Waals surface area contributed by atoms with Crippen molar-refractivity contribution in [2.24, 2.45) is 0 Å². The fourth-order valence-electron chi connectivity index (χ4n) is 2.59. The molecule has 7 nitrogen and oxygen atoms in total. The average molecular weight is 314 g/mol. The highest BCUT2D eigenvalue weighted by Gasteiger charge is 2.16. The summed E-state index contributed by atoms with van der Waals surface area (Å²) in [4.78, 5) is 19.3. The number of hydrogen-bond acceptors (Lipinski definition) is 5. The molecule has 0 aliphatic heterocycles. The number of H-pyrrole nitrogens is 1. The van der Waals surface area contributed by atoms with Crippen LogP contribution in [0.25, 0.3) is 16.7 Å². The molecule has 0 aliphatic carbocycles. The summed E-state index contributed by atoms with van der Waals surface area (Å²) in [6, 6.07) is 3.60. The third-order valence-electron chi connectivity index (χ3n) is 3.80. The third-order valence-corrected chi connectivity index (χ3v) is 3.80. The van der Waals surface area contributed by atoms with Crippen molar-refractivity contribution in [3.05, 3.63) is 45.6 Å². The summed E-state index contributed by atoms with van der Waals surface area (Å²) in [5.74, 6) is 0.525. The first-order valence-corrected chi connectivity index (χ1v) is 7.23. The molecule has 3 rings (SSSR count). The van der Waals surface area contributed by atoms with Crippen LogP contribution in [-0.4, -0.2) is 32.0 Å². The number of aromatic amines is 1. The van der Waals surface area contributed by atoms with Crippen LogP contribution in [0.4, 0.5) is 0 Å². The second-order valence-corrected chi connectivity index (χ2v) is 5.59. The number of hydrogen-bond donors (Lipinski definition) is 2.